The summed E-state index contributed by atoms with van der Waals surface area (Å²) in [4.78, 5) is 0. The van der Waals surface area contributed by atoms with Gasteiger partial charge in [0.1, 0.15) is 0 Å². The van der Waals surface area contributed by atoms with Crippen LogP contribution in [0.4, 0.5) is 0 Å². The molecular formula is C16H30O2. The van der Waals surface area contributed by atoms with Gasteiger partial charge in [0.25, 0.3) is 0 Å². The van der Waals surface area contributed by atoms with Crippen molar-refractivity contribution in [2.24, 2.45) is 11.8 Å². The van der Waals surface area contributed by atoms with Gasteiger partial charge in [0.05, 0.1) is 11.7 Å². The highest BCUT2D eigenvalue weighted by molar-refractivity contribution is 4.93. The van der Waals surface area contributed by atoms with Crippen LogP contribution in [0.25, 0.3) is 0 Å². The van der Waals surface area contributed by atoms with E-state index in [0.717, 1.165) is 19.4 Å². The SMILES string of the molecule is CCCCC(C)C(O)C1CCOC2(CCCC2)C1. The number of aliphatic hydroxyl groups is 1. The first-order chi connectivity index (χ1) is 8.67. The molecule has 0 amide bonds. The molecule has 0 bridgehead atoms. The molecule has 3 unspecified atom stereocenters. The van der Waals surface area contributed by atoms with Gasteiger partial charge in [-0.15, -0.1) is 0 Å². The van der Waals surface area contributed by atoms with E-state index in [1.165, 1.54) is 44.9 Å². The van der Waals surface area contributed by atoms with Crippen LogP contribution in [0.5, 0.6) is 0 Å². The topological polar surface area (TPSA) is 29.5 Å². The maximum atomic E-state index is 10.6. The van der Waals surface area contributed by atoms with Crippen molar-refractivity contribution in [3.63, 3.8) is 0 Å². The van der Waals surface area contributed by atoms with E-state index in [0.29, 0.717) is 11.8 Å². The Morgan fingerprint density at radius 2 is 2.06 bits per heavy atom. The summed E-state index contributed by atoms with van der Waals surface area (Å²) in [6, 6.07) is 0. The van der Waals surface area contributed by atoms with Crippen LogP contribution in [0, 0.1) is 11.8 Å². The minimum Gasteiger partial charge on any atom is -0.393 e. The predicted octanol–water partition coefficient (Wildman–Crippen LogP) is 3.91. The molecule has 1 aliphatic heterocycles. The van der Waals surface area contributed by atoms with Gasteiger partial charge in [-0.2, -0.15) is 0 Å². The van der Waals surface area contributed by atoms with Crippen LogP contribution >= 0.6 is 0 Å². The van der Waals surface area contributed by atoms with Gasteiger partial charge in [0, 0.05) is 6.61 Å². The van der Waals surface area contributed by atoms with E-state index < -0.39 is 0 Å². The molecule has 1 heterocycles. The third kappa shape index (κ3) is 3.27. The third-order valence-electron chi connectivity index (χ3n) is 5.12. The molecular weight excluding hydrogens is 224 g/mol. The van der Waals surface area contributed by atoms with Crippen molar-refractivity contribution in [3.05, 3.63) is 0 Å². The molecule has 2 fully saturated rings. The van der Waals surface area contributed by atoms with Crippen molar-refractivity contribution in [1.29, 1.82) is 0 Å². The van der Waals surface area contributed by atoms with Gasteiger partial charge in [-0.05, 0) is 43.9 Å². The number of hydrogen-bond donors (Lipinski definition) is 1. The van der Waals surface area contributed by atoms with E-state index in [2.05, 4.69) is 13.8 Å². The zero-order valence-corrected chi connectivity index (χ0v) is 12.2. The molecule has 2 aliphatic rings. The zero-order valence-electron chi connectivity index (χ0n) is 12.2. The largest absolute Gasteiger partial charge is 0.393 e. The van der Waals surface area contributed by atoms with E-state index in [-0.39, 0.29) is 11.7 Å². The summed E-state index contributed by atoms with van der Waals surface area (Å²) in [6.45, 7) is 5.31. The van der Waals surface area contributed by atoms with Crippen molar-refractivity contribution >= 4 is 0 Å². The van der Waals surface area contributed by atoms with Crippen LogP contribution < -0.4 is 0 Å². The summed E-state index contributed by atoms with van der Waals surface area (Å²) in [5, 5.41) is 10.6. The smallest absolute Gasteiger partial charge is 0.0686 e. The Balaban J connectivity index is 1.87. The van der Waals surface area contributed by atoms with E-state index >= 15 is 0 Å². The maximum absolute atomic E-state index is 10.6. The fourth-order valence-corrected chi connectivity index (χ4v) is 3.89. The Labute approximate surface area is 112 Å². The average molecular weight is 254 g/mol. The van der Waals surface area contributed by atoms with E-state index in [9.17, 15) is 5.11 Å². The second-order valence-electron chi connectivity index (χ2n) is 6.60. The molecule has 1 N–H and O–H groups in total. The predicted molar refractivity (Wildman–Crippen MR) is 74.6 cm³/mol. The lowest BCUT2D eigenvalue weighted by Gasteiger charge is -2.41. The van der Waals surface area contributed by atoms with Gasteiger partial charge in [0.15, 0.2) is 0 Å². The molecule has 3 atom stereocenters. The van der Waals surface area contributed by atoms with Crippen molar-refractivity contribution in [3.8, 4) is 0 Å². The summed E-state index contributed by atoms with van der Waals surface area (Å²) in [7, 11) is 0. The number of aliphatic hydroxyl groups excluding tert-OH is 1. The second-order valence-corrected chi connectivity index (χ2v) is 6.60. The molecule has 2 rings (SSSR count). The maximum Gasteiger partial charge on any atom is 0.0686 e. The summed E-state index contributed by atoms with van der Waals surface area (Å²) < 4.78 is 6.06. The fourth-order valence-electron chi connectivity index (χ4n) is 3.89. The van der Waals surface area contributed by atoms with E-state index in [1.807, 2.05) is 0 Å². The first-order valence-corrected chi connectivity index (χ1v) is 7.99. The van der Waals surface area contributed by atoms with Gasteiger partial charge in [-0.3, -0.25) is 0 Å². The van der Waals surface area contributed by atoms with Crippen molar-refractivity contribution in [2.45, 2.75) is 83.3 Å². The molecule has 106 valence electrons. The Morgan fingerprint density at radius 1 is 1.33 bits per heavy atom. The van der Waals surface area contributed by atoms with Crippen molar-refractivity contribution in [1.82, 2.24) is 0 Å². The van der Waals surface area contributed by atoms with Gasteiger partial charge in [-0.1, -0.05) is 39.5 Å². The summed E-state index contributed by atoms with van der Waals surface area (Å²) >= 11 is 0. The summed E-state index contributed by atoms with van der Waals surface area (Å²) in [6.07, 6.45) is 10.8. The molecule has 18 heavy (non-hydrogen) atoms. The molecule has 0 radical (unpaired) electrons. The normalized spacial score (nSPS) is 30.5. The molecule has 0 aromatic carbocycles. The monoisotopic (exact) mass is 254 g/mol. The highest BCUT2D eigenvalue weighted by Crippen LogP contribution is 2.43. The molecule has 1 saturated carbocycles. The van der Waals surface area contributed by atoms with Crippen LogP contribution in [-0.2, 0) is 4.74 Å². The second kappa shape index (κ2) is 6.38. The van der Waals surface area contributed by atoms with Crippen LogP contribution in [0.15, 0.2) is 0 Å². The van der Waals surface area contributed by atoms with Gasteiger partial charge in [0.2, 0.25) is 0 Å². The molecule has 1 aliphatic carbocycles. The first kappa shape index (κ1) is 14.3. The number of ether oxygens (including phenoxy) is 1. The van der Waals surface area contributed by atoms with Gasteiger partial charge in [-0.25, -0.2) is 0 Å². The minimum atomic E-state index is -0.113. The molecule has 0 aromatic rings. The van der Waals surface area contributed by atoms with Gasteiger partial charge >= 0.3 is 0 Å². The average Bonchev–Trinajstić information content (AvgIpc) is 2.83. The van der Waals surface area contributed by atoms with Crippen LogP contribution in [0.1, 0.15) is 71.6 Å². The Bertz CT molecular complexity index is 245. The van der Waals surface area contributed by atoms with Crippen molar-refractivity contribution < 1.29 is 9.84 Å². The molecule has 1 saturated heterocycles. The highest BCUT2D eigenvalue weighted by atomic mass is 16.5. The number of hydrogen-bond acceptors (Lipinski definition) is 2. The highest BCUT2D eigenvalue weighted by Gasteiger charge is 2.42. The van der Waals surface area contributed by atoms with Gasteiger partial charge < -0.3 is 9.84 Å². The summed E-state index contributed by atoms with van der Waals surface area (Å²) in [5.41, 5.74) is 0.147. The first-order valence-electron chi connectivity index (χ1n) is 7.99. The summed E-state index contributed by atoms with van der Waals surface area (Å²) in [5.74, 6) is 0.926. The standard InChI is InChI=1S/C16H30O2/c1-3-4-7-13(2)15(17)14-8-11-18-16(12-14)9-5-6-10-16/h13-15,17H,3-12H2,1-2H3. The molecule has 1 spiro atoms. The minimum absolute atomic E-state index is 0.113. The molecule has 2 nitrogen and oxygen atoms in total. The van der Waals surface area contributed by atoms with Crippen LogP contribution in [0.2, 0.25) is 0 Å². The Hall–Kier alpha value is -0.0800. The number of unbranched alkanes of at least 4 members (excludes halogenated alkanes) is 1. The third-order valence-corrected chi connectivity index (χ3v) is 5.12. The van der Waals surface area contributed by atoms with Crippen LogP contribution in [-0.4, -0.2) is 23.4 Å². The van der Waals surface area contributed by atoms with Crippen LogP contribution in [0.3, 0.4) is 0 Å². The van der Waals surface area contributed by atoms with E-state index in [4.69, 9.17) is 4.74 Å². The molecule has 0 aromatic heterocycles. The lowest BCUT2D eigenvalue weighted by atomic mass is 9.77. The quantitative estimate of drug-likeness (QED) is 0.806. The van der Waals surface area contributed by atoms with Crippen molar-refractivity contribution in [2.75, 3.05) is 6.61 Å². The lowest BCUT2D eigenvalue weighted by molar-refractivity contribution is -0.119. The Morgan fingerprint density at radius 3 is 2.72 bits per heavy atom. The number of rotatable bonds is 5. The lowest BCUT2D eigenvalue weighted by Crippen LogP contribution is -2.42. The fraction of sp³-hybridized carbons (Fsp3) is 1.00. The zero-order chi connectivity index (χ0) is 13.0. The Kier molecular flexibility index (Phi) is 5.08. The van der Waals surface area contributed by atoms with E-state index in [1.54, 1.807) is 0 Å². The molecule has 2 heteroatoms.